The molecule has 4 rings (SSSR count). The van der Waals surface area contributed by atoms with Gasteiger partial charge in [-0.2, -0.15) is 0 Å². The van der Waals surface area contributed by atoms with Crippen LogP contribution in [-0.2, 0) is 5.41 Å². The lowest BCUT2D eigenvalue weighted by Crippen LogP contribution is -2.12. The van der Waals surface area contributed by atoms with E-state index in [1.165, 1.54) is 35.4 Å². The first kappa shape index (κ1) is 22.2. The van der Waals surface area contributed by atoms with Crippen LogP contribution in [0.2, 0.25) is 0 Å². The highest BCUT2D eigenvalue weighted by molar-refractivity contribution is 6.11. The molecular formula is C28H24FNO3. The number of aryl methyl sites for hydroxylation is 1. The molecule has 0 radical (unpaired) electrons. The van der Waals surface area contributed by atoms with Crippen molar-refractivity contribution in [3.8, 4) is 0 Å². The summed E-state index contributed by atoms with van der Waals surface area (Å²) in [6.45, 7) is 6.34. The SMILES string of the molecule is Cc1ccc(C2=CC(C)(C)c3cc(C(C=Cc4ccc(C(=O)O)cc4F)=NO)ccc32)cc1. The van der Waals surface area contributed by atoms with Crippen molar-refractivity contribution in [2.24, 2.45) is 5.16 Å². The summed E-state index contributed by atoms with van der Waals surface area (Å²) in [5.41, 5.74) is 6.60. The molecule has 3 aromatic rings. The first-order valence-electron chi connectivity index (χ1n) is 10.6. The van der Waals surface area contributed by atoms with Gasteiger partial charge in [-0.3, -0.25) is 0 Å². The van der Waals surface area contributed by atoms with Crippen LogP contribution in [0.1, 0.15) is 57.6 Å². The van der Waals surface area contributed by atoms with Gasteiger partial charge < -0.3 is 10.3 Å². The normalized spacial score (nSPS) is 14.9. The Bertz CT molecular complexity index is 1330. The van der Waals surface area contributed by atoms with E-state index in [0.717, 1.165) is 22.8 Å². The Morgan fingerprint density at radius 3 is 2.33 bits per heavy atom. The van der Waals surface area contributed by atoms with E-state index in [2.05, 4.69) is 56.3 Å². The van der Waals surface area contributed by atoms with Gasteiger partial charge in [-0.05, 0) is 59.5 Å². The Morgan fingerprint density at radius 2 is 1.70 bits per heavy atom. The van der Waals surface area contributed by atoms with Gasteiger partial charge in [-0.15, -0.1) is 0 Å². The van der Waals surface area contributed by atoms with Gasteiger partial charge in [0.05, 0.1) is 5.56 Å². The predicted molar refractivity (Wildman–Crippen MR) is 128 cm³/mol. The number of benzene rings is 3. The summed E-state index contributed by atoms with van der Waals surface area (Å²) in [6.07, 6.45) is 5.22. The van der Waals surface area contributed by atoms with Crippen LogP contribution in [0.5, 0.6) is 0 Å². The van der Waals surface area contributed by atoms with Crippen LogP contribution in [0.3, 0.4) is 0 Å². The third-order valence-corrected chi connectivity index (χ3v) is 5.94. The second-order valence-electron chi connectivity index (χ2n) is 8.77. The minimum Gasteiger partial charge on any atom is -0.478 e. The third-order valence-electron chi connectivity index (χ3n) is 5.94. The fourth-order valence-electron chi connectivity index (χ4n) is 4.11. The number of hydrogen-bond donors (Lipinski definition) is 2. The molecule has 2 N–H and O–H groups in total. The monoisotopic (exact) mass is 441 g/mol. The molecule has 4 nitrogen and oxygen atoms in total. The van der Waals surface area contributed by atoms with E-state index < -0.39 is 11.8 Å². The molecule has 33 heavy (non-hydrogen) atoms. The van der Waals surface area contributed by atoms with E-state index in [4.69, 9.17) is 5.11 Å². The molecule has 0 atom stereocenters. The minimum absolute atomic E-state index is 0.126. The molecule has 0 aliphatic heterocycles. The number of carboxylic acids is 1. The number of carbonyl (C=O) groups is 1. The number of carboxylic acid groups (broad SMARTS) is 1. The van der Waals surface area contributed by atoms with Crippen molar-refractivity contribution >= 4 is 23.3 Å². The van der Waals surface area contributed by atoms with Crippen LogP contribution in [0.15, 0.2) is 78.0 Å². The highest BCUT2D eigenvalue weighted by Crippen LogP contribution is 2.43. The van der Waals surface area contributed by atoms with Crippen LogP contribution in [0.4, 0.5) is 4.39 Å². The lowest BCUT2D eigenvalue weighted by Gasteiger charge is -2.18. The first-order valence-corrected chi connectivity index (χ1v) is 10.6. The molecule has 1 aliphatic rings. The molecule has 0 unspecified atom stereocenters. The number of fused-ring (bicyclic) bond motifs is 1. The Balaban J connectivity index is 1.66. The van der Waals surface area contributed by atoms with Crippen molar-refractivity contribution in [2.75, 3.05) is 0 Å². The second-order valence-corrected chi connectivity index (χ2v) is 8.77. The summed E-state index contributed by atoms with van der Waals surface area (Å²) in [5.74, 6) is -1.85. The van der Waals surface area contributed by atoms with Gasteiger partial charge in [0.1, 0.15) is 11.5 Å². The maximum atomic E-state index is 14.3. The van der Waals surface area contributed by atoms with E-state index in [1.54, 1.807) is 0 Å². The zero-order chi connectivity index (χ0) is 23.8. The van der Waals surface area contributed by atoms with Crippen LogP contribution in [-0.4, -0.2) is 22.0 Å². The van der Waals surface area contributed by atoms with Gasteiger partial charge in [0.25, 0.3) is 0 Å². The number of aromatic carboxylic acids is 1. The summed E-state index contributed by atoms with van der Waals surface area (Å²) in [4.78, 5) is 11.0. The highest BCUT2D eigenvalue weighted by atomic mass is 19.1. The fraction of sp³-hybridized carbons (Fsp3) is 0.143. The van der Waals surface area contributed by atoms with E-state index in [9.17, 15) is 14.4 Å². The molecule has 0 saturated heterocycles. The number of hydrogen-bond acceptors (Lipinski definition) is 3. The standard InChI is InChI=1S/C28H24FNO3/c1-17-4-6-18(7-5-17)23-16-28(2,3)24-14-20(10-12-22(23)24)26(30-33)13-11-19-8-9-21(27(31)32)15-25(19)29/h4-16,33H,1-3H3,(H,31,32). The largest absolute Gasteiger partial charge is 0.478 e. The summed E-state index contributed by atoms with van der Waals surface area (Å²) in [5, 5.41) is 22.0. The lowest BCUT2D eigenvalue weighted by molar-refractivity contribution is 0.0696. The van der Waals surface area contributed by atoms with Gasteiger partial charge in [0.15, 0.2) is 0 Å². The number of rotatable bonds is 5. The summed E-state index contributed by atoms with van der Waals surface area (Å²) in [6, 6.07) is 18.0. The Kier molecular flexibility index (Phi) is 5.73. The molecule has 1 aliphatic carbocycles. The molecule has 0 heterocycles. The van der Waals surface area contributed by atoms with Gasteiger partial charge in [0.2, 0.25) is 0 Å². The number of allylic oxidation sites excluding steroid dienone is 2. The lowest BCUT2D eigenvalue weighted by atomic mass is 9.85. The van der Waals surface area contributed by atoms with Crippen molar-refractivity contribution in [2.45, 2.75) is 26.2 Å². The average Bonchev–Trinajstić information content (AvgIpc) is 3.06. The van der Waals surface area contributed by atoms with Crippen LogP contribution >= 0.6 is 0 Å². The van der Waals surface area contributed by atoms with Crippen LogP contribution in [0, 0.1) is 12.7 Å². The summed E-state index contributed by atoms with van der Waals surface area (Å²) in [7, 11) is 0. The van der Waals surface area contributed by atoms with E-state index in [0.29, 0.717) is 5.56 Å². The Labute approximate surface area is 192 Å². The first-order chi connectivity index (χ1) is 15.7. The molecule has 3 aromatic carbocycles. The van der Waals surface area contributed by atoms with E-state index in [1.807, 2.05) is 18.2 Å². The molecule has 0 amide bonds. The molecular weight excluding hydrogens is 417 g/mol. The number of oxime groups is 1. The minimum atomic E-state index is -1.19. The highest BCUT2D eigenvalue weighted by Gasteiger charge is 2.30. The molecule has 0 saturated carbocycles. The van der Waals surface area contributed by atoms with Crippen molar-refractivity contribution in [1.29, 1.82) is 0 Å². The fourth-order valence-corrected chi connectivity index (χ4v) is 4.11. The summed E-state index contributed by atoms with van der Waals surface area (Å²) >= 11 is 0. The van der Waals surface area contributed by atoms with Gasteiger partial charge in [-0.25, -0.2) is 9.18 Å². The Morgan fingerprint density at radius 1 is 1.00 bits per heavy atom. The van der Waals surface area contributed by atoms with Gasteiger partial charge in [-0.1, -0.05) is 73.1 Å². The van der Waals surface area contributed by atoms with Crippen molar-refractivity contribution in [3.63, 3.8) is 0 Å². The average molecular weight is 442 g/mol. The van der Waals surface area contributed by atoms with E-state index >= 15 is 0 Å². The van der Waals surface area contributed by atoms with Crippen molar-refractivity contribution < 1.29 is 19.5 Å². The third kappa shape index (κ3) is 4.35. The zero-order valence-electron chi connectivity index (χ0n) is 18.6. The van der Waals surface area contributed by atoms with Crippen LogP contribution in [0.25, 0.3) is 11.6 Å². The van der Waals surface area contributed by atoms with Gasteiger partial charge in [0, 0.05) is 16.5 Å². The van der Waals surface area contributed by atoms with Gasteiger partial charge >= 0.3 is 5.97 Å². The maximum absolute atomic E-state index is 14.3. The van der Waals surface area contributed by atoms with E-state index in [-0.39, 0.29) is 22.3 Å². The molecule has 166 valence electrons. The quantitative estimate of drug-likeness (QED) is 0.272. The second kappa shape index (κ2) is 8.51. The molecule has 0 spiro atoms. The predicted octanol–water partition coefficient (Wildman–Crippen LogP) is 6.45. The van der Waals surface area contributed by atoms with Crippen molar-refractivity contribution in [3.05, 3.63) is 118 Å². The number of nitrogens with zero attached hydrogens (tertiary/aromatic N) is 1. The molecule has 0 aromatic heterocycles. The molecule has 5 heteroatoms. The number of halogens is 1. The molecule has 0 bridgehead atoms. The Hall–Kier alpha value is -3.99. The smallest absolute Gasteiger partial charge is 0.335 e. The maximum Gasteiger partial charge on any atom is 0.335 e. The van der Waals surface area contributed by atoms with Crippen molar-refractivity contribution in [1.82, 2.24) is 0 Å². The topological polar surface area (TPSA) is 69.9 Å². The zero-order valence-corrected chi connectivity index (χ0v) is 18.6. The summed E-state index contributed by atoms with van der Waals surface area (Å²) < 4.78 is 14.3. The van der Waals surface area contributed by atoms with Crippen LogP contribution < -0.4 is 0 Å². The molecule has 0 fully saturated rings.